The number of piperidine rings is 1. The van der Waals surface area contributed by atoms with Gasteiger partial charge in [0, 0.05) is 44.3 Å². The average Bonchev–Trinajstić information content (AvgIpc) is 3.54. The quantitative estimate of drug-likeness (QED) is 0.823. The molecule has 5 heteroatoms. The molecule has 1 unspecified atom stereocenters. The van der Waals surface area contributed by atoms with E-state index in [9.17, 15) is 9.59 Å². The molecule has 27 heavy (non-hydrogen) atoms. The van der Waals surface area contributed by atoms with Crippen LogP contribution in [-0.4, -0.2) is 60.4 Å². The van der Waals surface area contributed by atoms with Crippen molar-refractivity contribution >= 4 is 17.5 Å². The summed E-state index contributed by atoms with van der Waals surface area (Å²) in [5.74, 6) is 0.596. The van der Waals surface area contributed by atoms with Crippen molar-refractivity contribution in [1.82, 2.24) is 9.80 Å². The third kappa shape index (κ3) is 3.97. The average molecular weight is 370 g/mol. The molecule has 0 radical (unpaired) electrons. The van der Waals surface area contributed by atoms with Gasteiger partial charge in [0.2, 0.25) is 11.8 Å². The number of anilines is 1. The first-order valence-electron chi connectivity index (χ1n) is 10.5. The van der Waals surface area contributed by atoms with E-state index in [-0.39, 0.29) is 23.8 Å². The van der Waals surface area contributed by atoms with Crippen LogP contribution in [0, 0.1) is 12.8 Å². The maximum absolute atomic E-state index is 13.3. The van der Waals surface area contributed by atoms with Gasteiger partial charge in [0.25, 0.3) is 0 Å². The summed E-state index contributed by atoms with van der Waals surface area (Å²) in [6.07, 6.45) is 5.90. The zero-order valence-corrected chi connectivity index (χ0v) is 16.4. The number of carbonyl (C=O) groups excluding carboxylic acids is 2. The molecule has 5 nitrogen and oxygen atoms in total. The molecule has 1 aromatic carbocycles. The van der Waals surface area contributed by atoms with Crippen molar-refractivity contribution in [3.8, 4) is 0 Å². The Morgan fingerprint density at radius 2 is 1.67 bits per heavy atom. The van der Waals surface area contributed by atoms with Gasteiger partial charge in [-0.15, -0.1) is 0 Å². The van der Waals surface area contributed by atoms with E-state index in [1.54, 1.807) is 0 Å². The number of benzene rings is 1. The highest BCUT2D eigenvalue weighted by Crippen LogP contribution is 2.33. The van der Waals surface area contributed by atoms with Crippen LogP contribution in [0.5, 0.6) is 0 Å². The van der Waals surface area contributed by atoms with Gasteiger partial charge in [-0.25, -0.2) is 0 Å². The lowest BCUT2D eigenvalue weighted by atomic mass is 10.00. The fourth-order valence-corrected chi connectivity index (χ4v) is 4.52. The lowest BCUT2D eigenvalue weighted by Gasteiger charge is -2.37. The van der Waals surface area contributed by atoms with Crippen molar-refractivity contribution < 1.29 is 9.59 Å². The van der Waals surface area contributed by atoms with Gasteiger partial charge in [-0.2, -0.15) is 0 Å². The monoisotopic (exact) mass is 369 g/mol. The van der Waals surface area contributed by atoms with E-state index in [1.165, 1.54) is 11.3 Å². The fraction of sp³-hybridized carbons (Fsp3) is 0.636. The molecule has 2 aliphatic heterocycles. The van der Waals surface area contributed by atoms with E-state index in [0.29, 0.717) is 0 Å². The Kier molecular flexibility index (Phi) is 5.37. The molecule has 4 rings (SSSR count). The summed E-state index contributed by atoms with van der Waals surface area (Å²) in [6.45, 7) is 6.28. The standard InChI is InChI=1S/C22H31N3O2/c1-17-7-2-3-8-19(17)23-12-6-13-24(16-15-23)22(27)20-9-4-5-14-25(20)21(26)18-10-11-18/h2-3,7-8,18,20H,4-6,9-16H2,1H3. The number of rotatable bonds is 3. The van der Waals surface area contributed by atoms with Gasteiger partial charge in [0.05, 0.1) is 0 Å². The third-order valence-electron chi connectivity index (χ3n) is 6.26. The number of carbonyl (C=O) groups is 2. The maximum Gasteiger partial charge on any atom is 0.245 e. The lowest BCUT2D eigenvalue weighted by Crippen LogP contribution is -2.54. The Balaban J connectivity index is 1.42. The predicted octanol–water partition coefficient (Wildman–Crippen LogP) is 2.82. The molecular weight excluding hydrogens is 338 g/mol. The van der Waals surface area contributed by atoms with Crippen LogP contribution < -0.4 is 4.90 Å². The molecule has 1 atom stereocenters. The van der Waals surface area contributed by atoms with Crippen LogP contribution in [0.25, 0.3) is 0 Å². The maximum atomic E-state index is 13.3. The molecule has 0 spiro atoms. The topological polar surface area (TPSA) is 43.9 Å². The van der Waals surface area contributed by atoms with Crippen molar-refractivity contribution in [2.24, 2.45) is 5.92 Å². The molecule has 3 aliphatic rings. The van der Waals surface area contributed by atoms with Crippen LogP contribution in [0.3, 0.4) is 0 Å². The Labute approximate surface area is 162 Å². The van der Waals surface area contributed by atoms with E-state index < -0.39 is 0 Å². The largest absolute Gasteiger partial charge is 0.369 e. The Hall–Kier alpha value is -2.04. The molecule has 0 aromatic heterocycles. The zero-order chi connectivity index (χ0) is 18.8. The van der Waals surface area contributed by atoms with Crippen LogP contribution in [0.15, 0.2) is 24.3 Å². The normalized spacial score (nSPS) is 23.9. The third-order valence-corrected chi connectivity index (χ3v) is 6.26. The summed E-state index contributed by atoms with van der Waals surface area (Å²) >= 11 is 0. The van der Waals surface area contributed by atoms with E-state index in [4.69, 9.17) is 0 Å². The molecule has 3 fully saturated rings. The highest BCUT2D eigenvalue weighted by atomic mass is 16.2. The molecule has 2 saturated heterocycles. The lowest BCUT2D eigenvalue weighted by molar-refractivity contribution is -0.148. The summed E-state index contributed by atoms with van der Waals surface area (Å²) in [6, 6.07) is 8.24. The molecule has 146 valence electrons. The van der Waals surface area contributed by atoms with Crippen LogP contribution in [-0.2, 0) is 9.59 Å². The van der Waals surface area contributed by atoms with E-state index in [2.05, 4.69) is 36.1 Å². The van der Waals surface area contributed by atoms with Crippen LogP contribution >= 0.6 is 0 Å². The number of aryl methyl sites for hydroxylation is 1. The van der Waals surface area contributed by atoms with Gasteiger partial charge in [-0.3, -0.25) is 9.59 Å². The van der Waals surface area contributed by atoms with Gasteiger partial charge < -0.3 is 14.7 Å². The van der Waals surface area contributed by atoms with Crippen molar-refractivity contribution in [2.45, 2.75) is 51.5 Å². The van der Waals surface area contributed by atoms with Crippen molar-refractivity contribution in [2.75, 3.05) is 37.6 Å². The number of para-hydroxylation sites is 1. The summed E-state index contributed by atoms with van der Waals surface area (Å²) in [5.41, 5.74) is 2.56. The molecule has 2 heterocycles. The van der Waals surface area contributed by atoms with Gasteiger partial charge in [0.15, 0.2) is 0 Å². The summed E-state index contributed by atoms with van der Waals surface area (Å²) < 4.78 is 0. The van der Waals surface area contributed by atoms with Gasteiger partial charge in [-0.1, -0.05) is 18.2 Å². The summed E-state index contributed by atoms with van der Waals surface area (Å²) in [7, 11) is 0. The van der Waals surface area contributed by atoms with E-state index in [0.717, 1.165) is 71.2 Å². The van der Waals surface area contributed by atoms with Crippen molar-refractivity contribution in [3.63, 3.8) is 0 Å². The van der Waals surface area contributed by atoms with E-state index in [1.807, 2.05) is 9.80 Å². The van der Waals surface area contributed by atoms with Gasteiger partial charge >= 0.3 is 0 Å². The smallest absolute Gasteiger partial charge is 0.245 e. The minimum absolute atomic E-state index is 0.176. The number of hydrogen-bond donors (Lipinski definition) is 0. The van der Waals surface area contributed by atoms with Gasteiger partial charge in [0.1, 0.15) is 6.04 Å². The molecule has 0 N–H and O–H groups in total. The molecular formula is C22H31N3O2. The second-order valence-corrected chi connectivity index (χ2v) is 8.27. The SMILES string of the molecule is Cc1ccccc1N1CCCN(C(=O)C2CCCCN2C(=O)C2CC2)CC1. The van der Waals surface area contributed by atoms with Crippen molar-refractivity contribution in [1.29, 1.82) is 0 Å². The molecule has 0 bridgehead atoms. The highest BCUT2D eigenvalue weighted by Gasteiger charge is 2.40. The van der Waals surface area contributed by atoms with Crippen molar-refractivity contribution in [3.05, 3.63) is 29.8 Å². The first-order valence-corrected chi connectivity index (χ1v) is 10.5. The summed E-state index contributed by atoms with van der Waals surface area (Å²) in [5, 5.41) is 0. The Morgan fingerprint density at radius 1 is 0.852 bits per heavy atom. The molecule has 1 aliphatic carbocycles. The summed E-state index contributed by atoms with van der Waals surface area (Å²) in [4.78, 5) is 32.3. The number of likely N-dealkylation sites (tertiary alicyclic amines) is 1. The number of nitrogens with zero attached hydrogens (tertiary/aromatic N) is 3. The van der Waals surface area contributed by atoms with Crippen LogP contribution in [0.4, 0.5) is 5.69 Å². The number of hydrogen-bond acceptors (Lipinski definition) is 3. The van der Waals surface area contributed by atoms with Gasteiger partial charge in [-0.05, 0) is 57.1 Å². The predicted molar refractivity (Wildman–Crippen MR) is 107 cm³/mol. The first kappa shape index (κ1) is 18.3. The molecule has 1 saturated carbocycles. The van der Waals surface area contributed by atoms with E-state index >= 15 is 0 Å². The second-order valence-electron chi connectivity index (χ2n) is 8.27. The zero-order valence-electron chi connectivity index (χ0n) is 16.4. The first-order chi connectivity index (χ1) is 13.1. The Morgan fingerprint density at radius 3 is 2.44 bits per heavy atom. The van der Waals surface area contributed by atoms with Crippen LogP contribution in [0.2, 0.25) is 0 Å². The highest BCUT2D eigenvalue weighted by molar-refractivity contribution is 5.89. The second kappa shape index (κ2) is 7.91. The minimum Gasteiger partial charge on any atom is -0.369 e. The number of amides is 2. The fourth-order valence-electron chi connectivity index (χ4n) is 4.52. The van der Waals surface area contributed by atoms with Crippen LogP contribution in [0.1, 0.15) is 44.1 Å². The molecule has 2 amide bonds. The Bertz CT molecular complexity index is 701. The molecule has 1 aromatic rings. The minimum atomic E-state index is -0.225.